The third kappa shape index (κ3) is 2.74. The standard InChI is InChI=1S/C12H21N3S/c1-8-9(2)16-12(15-8)14-7-10-5-3-4-6-11(10)13/h10-11H,3-7,13H2,1-2H3,(H,14,15). The van der Waals surface area contributed by atoms with Crippen LogP contribution in [-0.4, -0.2) is 17.6 Å². The smallest absolute Gasteiger partial charge is 0.183 e. The summed E-state index contributed by atoms with van der Waals surface area (Å²) < 4.78 is 0. The van der Waals surface area contributed by atoms with E-state index in [0.29, 0.717) is 12.0 Å². The van der Waals surface area contributed by atoms with Crippen LogP contribution in [0.5, 0.6) is 0 Å². The Morgan fingerprint density at radius 1 is 1.38 bits per heavy atom. The summed E-state index contributed by atoms with van der Waals surface area (Å²) in [5.74, 6) is 0.623. The number of thiazole rings is 1. The lowest BCUT2D eigenvalue weighted by Gasteiger charge is -2.28. The second kappa shape index (κ2) is 5.15. The third-order valence-corrected chi connectivity index (χ3v) is 4.54. The van der Waals surface area contributed by atoms with Crippen molar-refractivity contribution >= 4 is 16.5 Å². The summed E-state index contributed by atoms with van der Waals surface area (Å²) in [7, 11) is 0. The Labute approximate surface area is 101 Å². The molecule has 0 radical (unpaired) electrons. The molecule has 2 atom stereocenters. The van der Waals surface area contributed by atoms with Crippen LogP contribution in [0.1, 0.15) is 36.3 Å². The van der Waals surface area contributed by atoms with Crippen molar-refractivity contribution in [1.29, 1.82) is 0 Å². The number of rotatable bonds is 3. The lowest BCUT2D eigenvalue weighted by Crippen LogP contribution is -2.37. The summed E-state index contributed by atoms with van der Waals surface area (Å²) >= 11 is 1.74. The van der Waals surface area contributed by atoms with E-state index in [1.54, 1.807) is 11.3 Å². The van der Waals surface area contributed by atoms with E-state index in [9.17, 15) is 0 Å². The number of anilines is 1. The minimum absolute atomic E-state index is 0.378. The average Bonchev–Trinajstić information content (AvgIpc) is 2.57. The highest BCUT2D eigenvalue weighted by molar-refractivity contribution is 7.15. The zero-order valence-electron chi connectivity index (χ0n) is 10.1. The molecule has 1 heterocycles. The number of hydrogen-bond donors (Lipinski definition) is 2. The van der Waals surface area contributed by atoms with Crippen LogP contribution in [0.25, 0.3) is 0 Å². The van der Waals surface area contributed by atoms with Gasteiger partial charge in [0.1, 0.15) is 0 Å². The molecule has 90 valence electrons. The van der Waals surface area contributed by atoms with Crippen LogP contribution < -0.4 is 11.1 Å². The average molecular weight is 239 g/mol. The van der Waals surface area contributed by atoms with Crippen molar-refractivity contribution in [3.05, 3.63) is 10.6 Å². The zero-order valence-corrected chi connectivity index (χ0v) is 10.9. The normalized spacial score (nSPS) is 25.7. The first-order valence-corrected chi connectivity index (χ1v) is 6.92. The molecule has 0 saturated heterocycles. The van der Waals surface area contributed by atoms with E-state index < -0.39 is 0 Å². The molecule has 3 N–H and O–H groups in total. The first-order valence-electron chi connectivity index (χ1n) is 6.10. The van der Waals surface area contributed by atoms with E-state index in [2.05, 4.69) is 24.1 Å². The highest BCUT2D eigenvalue weighted by Gasteiger charge is 2.21. The maximum Gasteiger partial charge on any atom is 0.183 e. The number of aryl methyl sites for hydroxylation is 2. The van der Waals surface area contributed by atoms with Gasteiger partial charge in [-0.3, -0.25) is 0 Å². The Morgan fingerprint density at radius 2 is 2.12 bits per heavy atom. The SMILES string of the molecule is Cc1nc(NCC2CCCCC2N)sc1C. The van der Waals surface area contributed by atoms with Crippen LogP contribution in [0.3, 0.4) is 0 Å². The van der Waals surface area contributed by atoms with Gasteiger partial charge in [-0.15, -0.1) is 11.3 Å². The van der Waals surface area contributed by atoms with Crippen molar-refractivity contribution in [2.24, 2.45) is 11.7 Å². The molecule has 16 heavy (non-hydrogen) atoms. The number of nitrogens with two attached hydrogens (primary N) is 1. The van der Waals surface area contributed by atoms with Crippen LogP contribution in [-0.2, 0) is 0 Å². The molecule has 0 amide bonds. The molecule has 0 aromatic carbocycles. The van der Waals surface area contributed by atoms with E-state index >= 15 is 0 Å². The second-order valence-electron chi connectivity index (χ2n) is 4.75. The summed E-state index contributed by atoms with van der Waals surface area (Å²) in [6.45, 7) is 5.15. The van der Waals surface area contributed by atoms with Crippen LogP contribution >= 0.6 is 11.3 Å². The van der Waals surface area contributed by atoms with Crippen molar-refractivity contribution < 1.29 is 0 Å². The topological polar surface area (TPSA) is 50.9 Å². The Hall–Kier alpha value is -0.610. The first kappa shape index (κ1) is 11.9. The van der Waals surface area contributed by atoms with Crippen LogP contribution in [0.4, 0.5) is 5.13 Å². The van der Waals surface area contributed by atoms with E-state index in [4.69, 9.17) is 5.73 Å². The molecule has 1 saturated carbocycles. The Morgan fingerprint density at radius 3 is 2.75 bits per heavy atom. The summed E-state index contributed by atoms with van der Waals surface area (Å²) in [6, 6.07) is 0.378. The number of nitrogens with one attached hydrogen (secondary N) is 1. The van der Waals surface area contributed by atoms with Gasteiger partial charge in [0.05, 0.1) is 5.69 Å². The fraction of sp³-hybridized carbons (Fsp3) is 0.750. The predicted molar refractivity (Wildman–Crippen MR) is 70.0 cm³/mol. The molecule has 0 spiro atoms. The van der Waals surface area contributed by atoms with E-state index in [1.165, 1.54) is 30.6 Å². The summed E-state index contributed by atoms with van der Waals surface area (Å²) in [6.07, 6.45) is 5.07. The minimum Gasteiger partial charge on any atom is -0.361 e. The predicted octanol–water partition coefficient (Wildman–Crippen LogP) is 2.69. The molecule has 1 fully saturated rings. The highest BCUT2D eigenvalue weighted by atomic mass is 32.1. The van der Waals surface area contributed by atoms with Gasteiger partial charge in [0.2, 0.25) is 0 Å². The van der Waals surface area contributed by atoms with Gasteiger partial charge in [-0.2, -0.15) is 0 Å². The van der Waals surface area contributed by atoms with Gasteiger partial charge in [-0.05, 0) is 32.6 Å². The van der Waals surface area contributed by atoms with Gasteiger partial charge in [0, 0.05) is 17.5 Å². The van der Waals surface area contributed by atoms with Gasteiger partial charge >= 0.3 is 0 Å². The number of aromatic nitrogens is 1. The molecule has 1 aromatic heterocycles. The molecule has 0 bridgehead atoms. The maximum absolute atomic E-state index is 6.12. The molecule has 4 heteroatoms. The number of nitrogens with zero attached hydrogens (tertiary/aromatic N) is 1. The van der Waals surface area contributed by atoms with E-state index in [0.717, 1.165) is 17.4 Å². The van der Waals surface area contributed by atoms with E-state index in [1.807, 2.05) is 0 Å². The molecule has 2 unspecified atom stereocenters. The highest BCUT2D eigenvalue weighted by Crippen LogP contribution is 2.25. The quantitative estimate of drug-likeness (QED) is 0.852. The van der Waals surface area contributed by atoms with Crippen molar-refractivity contribution in [1.82, 2.24) is 4.98 Å². The molecule has 3 nitrogen and oxygen atoms in total. The van der Waals surface area contributed by atoms with Gasteiger partial charge in [0.25, 0.3) is 0 Å². The van der Waals surface area contributed by atoms with Gasteiger partial charge in [-0.25, -0.2) is 4.98 Å². The van der Waals surface area contributed by atoms with Crippen LogP contribution in [0, 0.1) is 19.8 Å². The maximum atomic E-state index is 6.12. The van der Waals surface area contributed by atoms with Crippen molar-refractivity contribution in [3.8, 4) is 0 Å². The molecule has 1 aliphatic rings. The fourth-order valence-electron chi connectivity index (χ4n) is 2.26. The minimum atomic E-state index is 0.378. The van der Waals surface area contributed by atoms with Crippen LogP contribution in [0.2, 0.25) is 0 Å². The van der Waals surface area contributed by atoms with Gasteiger partial charge < -0.3 is 11.1 Å². The van der Waals surface area contributed by atoms with Gasteiger partial charge in [-0.1, -0.05) is 12.8 Å². The molecular weight excluding hydrogens is 218 g/mol. The van der Waals surface area contributed by atoms with Crippen molar-refractivity contribution in [2.45, 2.75) is 45.6 Å². The lowest BCUT2D eigenvalue weighted by molar-refractivity contribution is 0.321. The summed E-state index contributed by atoms with van der Waals surface area (Å²) in [5.41, 5.74) is 7.26. The lowest BCUT2D eigenvalue weighted by atomic mass is 9.85. The Bertz CT molecular complexity index is 329. The Kier molecular flexibility index (Phi) is 3.82. The molecule has 1 aliphatic carbocycles. The first-order chi connectivity index (χ1) is 7.66. The Balaban J connectivity index is 1.86. The summed E-state index contributed by atoms with van der Waals surface area (Å²) in [4.78, 5) is 5.79. The molecular formula is C12H21N3S. The van der Waals surface area contributed by atoms with E-state index in [-0.39, 0.29) is 0 Å². The monoisotopic (exact) mass is 239 g/mol. The van der Waals surface area contributed by atoms with Crippen molar-refractivity contribution in [2.75, 3.05) is 11.9 Å². The van der Waals surface area contributed by atoms with Crippen molar-refractivity contribution in [3.63, 3.8) is 0 Å². The molecule has 2 rings (SSSR count). The van der Waals surface area contributed by atoms with Gasteiger partial charge in [0.15, 0.2) is 5.13 Å². The second-order valence-corrected chi connectivity index (χ2v) is 5.95. The fourth-order valence-corrected chi connectivity index (χ4v) is 3.08. The molecule has 1 aromatic rings. The largest absolute Gasteiger partial charge is 0.361 e. The molecule has 0 aliphatic heterocycles. The third-order valence-electron chi connectivity index (χ3n) is 3.51. The summed E-state index contributed by atoms with van der Waals surface area (Å²) in [5, 5.41) is 4.48. The zero-order chi connectivity index (χ0) is 11.5. The van der Waals surface area contributed by atoms with Crippen LogP contribution in [0.15, 0.2) is 0 Å². The number of hydrogen-bond acceptors (Lipinski definition) is 4.